The highest BCUT2D eigenvalue weighted by atomic mass is 16.6. The molecular formula is C13H20O3. The van der Waals surface area contributed by atoms with Gasteiger partial charge in [-0.15, -0.1) is 0 Å². The predicted molar refractivity (Wildman–Crippen MR) is 61.5 cm³/mol. The lowest BCUT2D eigenvalue weighted by Gasteiger charge is -2.13. The fourth-order valence-electron chi connectivity index (χ4n) is 2.96. The van der Waals surface area contributed by atoms with Gasteiger partial charge in [-0.2, -0.15) is 0 Å². The lowest BCUT2D eigenvalue weighted by atomic mass is 9.91. The zero-order valence-electron chi connectivity index (χ0n) is 9.72. The molecule has 3 nitrogen and oxygen atoms in total. The second kappa shape index (κ2) is 4.11. The Kier molecular flexibility index (Phi) is 2.96. The van der Waals surface area contributed by atoms with Crippen molar-refractivity contribution in [1.29, 1.82) is 0 Å². The Morgan fingerprint density at radius 3 is 2.19 bits per heavy atom. The largest absolute Gasteiger partial charge is 0.503 e. The Morgan fingerprint density at radius 1 is 1.19 bits per heavy atom. The van der Waals surface area contributed by atoms with Crippen LogP contribution in [0.15, 0.2) is 12.2 Å². The highest BCUT2D eigenvalue weighted by Crippen LogP contribution is 2.66. The molecule has 3 aliphatic rings. The van der Waals surface area contributed by atoms with E-state index in [0.717, 1.165) is 23.2 Å². The van der Waals surface area contributed by atoms with Crippen molar-refractivity contribution in [1.82, 2.24) is 0 Å². The average Bonchev–Trinajstić information content (AvgIpc) is 3.05. The van der Waals surface area contributed by atoms with Crippen LogP contribution in [-0.2, 0) is 0 Å². The zero-order chi connectivity index (χ0) is 11.8. The number of hydrogen-bond acceptors (Lipinski definition) is 1. The van der Waals surface area contributed by atoms with Gasteiger partial charge in [0.1, 0.15) is 0 Å². The summed E-state index contributed by atoms with van der Waals surface area (Å²) < 4.78 is 0. The number of allylic oxidation sites excluding steroid dienone is 2. The topological polar surface area (TPSA) is 57.5 Å². The monoisotopic (exact) mass is 224 g/mol. The molecule has 0 aliphatic heterocycles. The summed E-state index contributed by atoms with van der Waals surface area (Å²) in [6.07, 6.45) is 10.6. The lowest BCUT2D eigenvalue weighted by molar-refractivity contribution is 0.137. The number of rotatable bonds is 2. The Hall–Kier alpha value is -0.990. The predicted octanol–water partition coefficient (Wildman–Crippen LogP) is 3.61. The van der Waals surface area contributed by atoms with Gasteiger partial charge in [0.05, 0.1) is 0 Å². The van der Waals surface area contributed by atoms with Crippen LogP contribution in [0, 0.1) is 23.2 Å². The fraction of sp³-hybridized carbons (Fsp3) is 0.769. The molecule has 3 atom stereocenters. The van der Waals surface area contributed by atoms with Gasteiger partial charge >= 0.3 is 6.16 Å². The van der Waals surface area contributed by atoms with Gasteiger partial charge in [-0.1, -0.05) is 19.1 Å². The summed E-state index contributed by atoms with van der Waals surface area (Å²) in [6.45, 7) is 2.49. The van der Waals surface area contributed by atoms with Crippen molar-refractivity contribution >= 4 is 6.16 Å². The quantitative estimate of drug-likeness (QED) is 0.704. The summed E-state index contributed by atoms with van der Waals surface area (Å²) in [7, 11) is 0. The van der Waals surface area contributed by atoms with Gasteiger partial charge in [0.15, 0.2) is 0 Å². The van der Waals surface area contributed by atoms with E-state index in [1.807, 2.05) is 0 Å². The SMILES string of the molecule is CC12CC1CCC2/C=C/C1CC1.O=C(O)O. The third-order valence-electron chi connectivity index (χ3n) is 4.37. The second-order valence-electron chi connectivity index (χ2n) is 5.60. The normalized spacial score (nSPS) is 40.1. The van der Waals surface area contributed by atoms with Crippen molar-refractivity contribution in [3.63, 3.8) is 0 Å². The number of carboxylic acid groups (broad SMARTS) is 2. The van der Waals surface area contributed by atoms with E-state index in [-0.39, 0.29) is 0 Å². The van der Waals surface area contributed by atoms with Crippen molar-refractivity contribution in [2.24, 2.45) is 23.2 Å². The lowest BCUT2D eigenvalue weighted by Crippen LogP contribution is -2.05. The van der Waals surface area contributed by atoms with E-state index < -0.39 is 6.16 Å². The summed E-state index contributed by atoms with van der Waals surface area (Å²) in [5.74, 6) is 3.03. The Balaban J connectivity index is 0.000000212. The smallest absolute Gasteiger partial charge is 0.450 e. The Bertz CT molecular complexity index is 300. The van der Waals surface area contributed by atoms with Crippen LogP contribution in [0.2, 0.25) is 0 Å². The van der Waals surface area contributed by atoms with Crippen LogP contribution < -0.4 is 0 Å². The molecule has 0 aromatic carbocycles. The molecule has 0 saturated heterocycles. The molecule has 3 rings (SSSR count). The minimum atomic E-state index is -1.83. The molecular weight excluding hydrogens is 204 g/mol. The van der Waals surface area contributed by atoms with Crippen LogP contribution in [-0.4, -0.2) is 16.4 Å². The first-order valence-electron chi connectivity index (χ1n) is 6.12. The molecule has 3 aliphatic carbocycles. The van der Waals surface area contributed by atoms with E-state index in [1.54, 1.807) is 0 Å². The molecule has 0 radical (unpaired) electrons. The van der Waals surface area contributed by atoms with Crippen LogP contribution >= 0.6 is 0 Å². The highest BCUT2D eigenvalue weighted by Gasteiger charge is 2.57. The van der Waals surface area contributed by atoms with Crippen molar-refractivity contribution in [2.75, 3.05) is 0 Å². The first kappa shape index (κ1) is 11.5. The Morgan fingerprint density at radius 2 is 1.81 bits per heavy atom. The van der Waals surface area contributed by atoms with Crippen LogP contribution in [0.4, 0.5) is 4.79 Å². The molecule has 0 amide bonds. The van der Waals surface area contributed by atoms with Crippen LogP contribution in [0.5, 0.6) is 0 Å². The maximum absolute atomic E-state index is 8.56. The standard InChI is InChI=1S/C12H18.CH2O3/c1-12-8-11(12)7-6-10(12)5-4-9-2-3-9;2-1(3)4/h4-5,9-11H,2-3,6-8H2,1H3;(H2,2,3,4)/b5-4+;. The maximum Gasteiger partial charge on any atom is 0.503 e. The molecule has 2 N–H and O–H groups in total. The van der Waals surface area contributed by atoms with Gasteiger partial charge < -0.3 is 10.2 Å². The summed E-state index contributed by atoms with van der Waals surface area (Å²) in [5, 5.41) is 13.9. The summed E-state index contributed by atoms with van der Waals surface area (Å²) in [4.78, 5) is 8.56. The number of hydrogen-bond donors (Lipinski definition) is 2. The van der Waals surface area contributed by atoms with E-state index in [1.165, 1.54) is 32.1 Å². The Labute approximate surface area is 96.2 Å². The first-order valence-corrected chi connectivity index (χ1v) is 6.12. The molecule has 3 heteroatoms. The van der Waals surface area contributed by atoms with E-state index in [0.29, 0.717) is 0 Å². The molecule has 3 saturated carbocycles. The van der Waals surface area contributed by atoms with Gasteiger partial charge in [0, 0.05) is 0 Å². The minimum absolute atomic E-state index is 0.755. The van der Waals surface area contributed by atoms with Gasteiger partial charge in [0.2, 0.25) is 0 Å². The summed E-state index contributed by atoms with van der Waals surface area (Å²) in [5.41, 5.74) is 0.755. The van der Waals surface area contributed by atoms with Gasteiger partial charge in [-0.3, -0.25) is 0 Å². The molecule has 0 heterocycles. The summed E-state index contributed by atoms with van der Waals surface area (Å²) >= 11 is 0. The minimum Gasteiger partial charge on any atom is -0.450 e. The van der Waals surface area contributed by atoms with Gasteiger partial charge in [-0.25, -0.2) is 4.79 Å². The molecule has 0 bridgehead atoms. The van der Waals surface area contributed by atoms with Crippen LogP contribution in [0.3, 0.4) is 0 Å². The van der Waals surface area contributed by atoms with Crippen LogP contribution in [0.1, 0.15) is 39.0 Å². The van der Waals surface area contributed by atoms with E-state index >= 15 is 0 Å². The second-order valence-corrected chi connectivity index (χ2v) is 5.60. The third-order valence-corrected chi connectivity index (χ3v) is 4.37. The number of fused-ring (bicyclic) bond motifs is 1. The average molecular weight is 224 g/mol. The maximum atomic E-state index is 8.56. The summed E-state index contributed by atoms with van der Waals surface area (Å²) in [6, 6.07) is 0. The van der Waals surface area contributed by atoms with Crippen molar-refractivity contribution in [2.45, 2.75) is 39.0 Å². The van der Waals surface area contributed by atoms with E-state index in [9.17, 15) is 0 Å². The molecule has 16 heavy (non-hydrogen) atoms. The molecule has 3 unspecified atom stereocenters. The first-order chi connectivity index (χ1) is 7.52. The molecule has 0 spiro atoms. The molecule has 0 aromatic rings. The molecule has 90 valence electrons. The highest BCUT2D eigenvalue weighted by molar-refractivity contribution is 5.53. The van der Waals surface area contributed by atoms with Gasteiger partial charge in [-0.05, 0) is 55.3 Å². The van der Waals surface area contributed by atoms with Gasteiger partial charge in [0.25, 0.3) is 0 Å². The molecule has 0 aromatic heterocycles. The van der Waals surface area contributed by atoms with Crippen molar-refractivity contribution in [3.05, 3.63) is 12.2 Å². The fourth-order valence-corrected chi connectivity index (χ4v) is 2.96. The zero-order valence-corrected chi connectivity index (χ0v) is 9.72. The van der Waals surface area contributed by atoms with E-state index in [4.69, 9.17) is 15.0 Å². The third kappa shape index (κ3) is 2.57. The van der Waals surface area contributed by atoms with Crippen molar-refractivity contribution in [3.8, 4) is 0 Å². The van der Waals surface area contributed by atoms with Crippen molar-refractivity contribution < 1.29 is 15.0 Å². The molecule has 3 fully saturated rings. The van der Waals surface area contributed by atoms with Crippen LogP contribution in [0.25, 0.3) is 0 Å². The van der Waals surface area contributed by atoms with E-state index in [2.05, 4.69) is 19.1 Å². The number of carbonyl (C=O) groups is 1.